The summed E-state index contributed by atoms with van der Waals surface area (Å²) in [5.41, 5.74) is 4.66. The monoisotopic (exact) mass is 450 g/mol. The minimum absolute atomic E-state index is 0.300. The van der Waals surface area contributed by atoms with Crippen LogP contribution < -0.4 is 4.90 Å². The fraction of sp³-hybridized carbons (Fsp3) is 0.240. The molecule has 0 radical (unpaired) electrons. The standard InChI is InChI=1S/C25H26N2O4S/c1-32(30,31)23-12-8-19(9-13-23)24-5-3-2-4-21(24)18-26-14-16-27(17-15-26)22-10-6-20(7-11-22)25(28)29/h2-13H,14-18H2,1H3,(H,28,29). The quantitative estimate of drug-likeness (QED) is 0.616. The lowest BCUT2D eigenvalue weighted by atomic mass is 9.99. The van der Waals surface area contributed by atoms with Crippen LogP contribution in [0.5, 0.6) is 0 Å². The van der Waals surface area contributed by atoms with E-state index in [1.165, 1.54) is 11.8 Å². The Labute approximate surface area is 188 Å². The van der Waals surface area contributed by atoms with Gasteiger partial charge in [-0.3, -0.25) is 4.90 Å². The Kier molecular flexibility index (Phi) is 6.30. The number of carbonyl (C=O) groups is 1. The van der Waals surface area contributed by atoms with Crippen molar-refractivity contribution in [3.63, 3.8) is 0 Å². The van der Waals surface area contributed by atoms with Gasteiger partial charge in [-0.15, -0.1) is 0 Å². The third-order valence-corrected chi connectivity index (χ3v) is 6.98. The van der Waals surface area contributed by atoms with Gasteiger partial charge in [0, 0.05) is 44.7 Å². The molecule has 0 unspecified atom stereocenters. The number of hydrogen-bond acceptors (Lipinski definition) is 5. The molecule has 0 aliphatic carbocycles. The molecule has 0 aromatic heterocycles. The predicted molar refractivity (Wildman–Crippen MR) is 126 cm³/mol. The molecule has 0 saturated carbocycles. The van der Waals surface area contributed by atoms with E-state index in [-0.39, 0.29) is 0 Å². The number of sulfone groups is 1. The summed E-state index contributed by atoms with van der Waals surface area (Å²) in [5, 5.41) is 9.07. The molecule has 1 aliphatic heterocycles. The van der Waals surface area contributed by atoms with Crippen LogP contribution in [-0.2, 0) is 16.4 Å². The second-order valence-electron chi connectivity index (χ2n) is 8.07. The molecule has 6 nitrogen and oxygen atoms in total. The van der Waals surface area contributed by atoms with Gasteiger partial charge >= 0.3 is 5.97 Å². The molecule has 4 rings (SSSR count). The minimum Gasteiger partial charge on any atom is -0.478 e. The molecule has 0 spiro atoms. The van der Waals surface area contributed by atoms with Gasteiger partial charge in [-0.05, 0) is 53.1 Å². The molecule has 7 heteroatoms. The van der Waals surface area contributed by atoms with Gasteiger partial charge in [-0.1, -0.05) is 36.4 Å². The second kappa shape index (κ2) is 9.14. The van der Waals surface area contributed by atoms with E-state index < -0.39 is 15.8 Å². The molecule has 3 aromatic rings. The van der Waals surface area contributed by atoms with Crippen molar-refractivity contribution < 1.29 is 18.3 Å². The van der Waals surface area contributed by atoms with E-state index >= 15 is 0 Å². The maximum Gasteiger partial charge on any atom is 0.335 e. The summed E-state index contributed by atoms with van der Waals surface area (Å²) in [4.78, 5) is 16.1. The van der Waals surface area contributed by atoms with E-state index in [0.29, 0.717) is 10.5 Å². The molecule has 1 saturated heterocycles. The van der Waals surface area contributed by atoms with E-state index in [1.807, 2.05) is 36.4 Å². The molecule has 32 heavy (non-hydrogen) atoms. The van der Waals surface area contributed by atoms with Crippen LogP contribution in [0.2, 0.25) is 0 Å². The Bertz CT molecular complexity index is 1200. The Morgan fingerprint density at radius 3 is 2.09 bits per heavy atom. The zero-order valence-corrected chi connectivity index (χ0v) is 18.8. The lowest BCUT2D eigenvalue weighted by Crippen LogP contribution is -2.46. The Morgan fingerprint density at radius 1 is 0.875 bits per heavy atom. The van der Waals surface area contributed by atoms with Gasteiger partial charge in [0.05, 0.1) is 10.5 Å². The first-order chi connectivity index (χ1) is 15.3. The smallest absolute Gasteiger partial charge is 0.335 e. The molecule has 1 N–H and O–H groups in total. The van der Waals surface area contributed by atoms with Crippen molar-refractivity contribution in [2.24, 2.45) is 0 Å². The van der Waals surface area contributed by atoms with Crippen LogP contribution in [0.25, 0.3) is 11.1 Å². The molecule has 1 heterocycles. The summed E-state index contributed by atoms with van der Waals surface area (Å²) in [5.74, 6) is -0.911. The Hall–Kier alpha value is -3.16. The van der Waals surface area contributed by atoms with Gasteiger partial charge in [-0.2, -0.15) is 0 Å². The number of nitrogens with zero attached hydrogens (tertiary/aromatic N) is 2. The molecule has 166 valence electrons. The molecule has 0 bridgehead atoms. The van der Waals surface area contributed by atoms with Gasteiger partial charge in [0.1, 0.15) is 0 Å². The zero-order valence-electron chi connectivity index (χ0n) is 17.9. The number of anilines is 1. The highest BCUT2D eigenvalue weighted by atomic mass is 32.2. The lowest BCUT2D eigenvalue weighted by Gasteiger charge is -2.36. The molecule has 1 aliphatic rings. The number of carboxylic acids is 1. The van der Waals surface area contributed by atoms with E-state index in [1.54, 1.807) is 24.3 Å². The summed E-state index contributed by atoms with van der Waals surface area (Å²) in [6.45, 7) is 4.37. The molecule has 0 amide bonds. The number of aromatic carboxylic acids is 1. The zero-order chi connectivity index (χ0) is 22.7. The number of carboxylic acid groups (broad SMARTS) is 1. The van der Waals surface area contributed by atoms with E-state index in [2.05, 4.69) is 21.9 Å². The van der Waals surface area contributed by atoms with Crippen molar-refractivity contribution in [2.75, 3.05) is 37.3 Å². The summed E-state index contributed by atoms with van der Waals surface area (Å²) in [7, 11) is -3.21. The van der Waals surface area contributed by atoms with Gasteiger partial charge in [0.2, 0.25) is 0 Å². The number of rotatable bonds is 6. The predicted octanol–water partition coefficient (Wildman–Crippen LogP) is 3.78. The van der Waals surface area contributed by atoms with Crippen molar-refractivity contribution in [3.8, 4) is 11.1 Å². The van der Waals surface area contributed by atoms with Crippen molar-refractivity contribution in [3.05, 3.63) is 83.9 Å². The first kappa shape index (κ1) is 22.0. The van der Waals surface area contributed by atoms with Crippen LogP contribution in [0, 0.1) is 0 Å². The summed E-state index contributed by atoms with van der Waals surface area (Å²) in [6.07, 6.45) is 1.22. The van der Waals surface area contributed by atoms with E-state index in [0.717, 1.165) is 49.5 Å². The van der Waals surface area contributed by atoms with Gasteiger partial charge in [-0.25, -0.2) is 13.2 Å². The van der Waals surface area contributed by atoms with Crippen LogP contribution in [0.4, 0.5) is 5.69 Å². The fourth-order valence-electron chi connectivity index (χ4n) is 4.04. The van der Waals surface area contributed by atoms with Gasteiger partial charge in [0.25, 0.3) is 0 Å². The Morgan fingerprint density at radius 2 is 1.50 bits per heavy atom. The largest absolute Gasteiger partial charge is 0.478 e. The fourth-order valence-corrected chi connectivity index (χ4v) is 4.67. The molecular formula is C25H26N2O4S. The second-order valence-corrected chi connectivity index (χ2v) is 10.1. The maximum absolute atomic E-state index is 11.7. The third kappa shape index (κ3) is 5.00. The molecular weight excluding hydrogens is 424 g/mol. The highest BCUT2D eigenvalue weighted by molar-refractivity contribution is 7.90. The number of hydrogen-bond donors (Lipinski definition) is 1. The van der Waals surface area contributed by atoms with Crippen LogP contribution in [0.1, 0.15) is 15.9 Å². The average Bonchev–Trinajstić information content (AvgIpc) is 2.80. The van der Waals surface area contributed by atoms with Crippen molar-refractivity contribution >= 4 is 21.5 Å². The van der Waals surface area contributed by atoms with Crippen LogP contribution in [0.3, 0.4) is 0 Å². The number of benzene rings is 3. The van der Waals surface area contributed by atoms with Crippen LogP contribution >= 0.6 is 0 Å². The lowest BCUT2D eigenvalue weighted by molar-refractivity contribution is 0.0697. The summed E-state index contributed by atoms with van der Waals surface area (Å²) >= 11 is 0. The third-order valence-electron chi connectivity index (χ3n) is 5.86. The van der Waals surface area contributed by atoms with E-state index in [9.17, 15) is 13.2 Å². The van der Waals surface area contributed by atoms with E-state index in [4.69, 9.17) is 5.11 Å². The first-order valence-electron chi connectivity index (χ1n) is 10.5. The minimum atomic E-state index is -3.21. The van der Waals surface area contributed by atoms with Crippen LogP contribution in [0.15, 0.2) is 77.7 Å². The van der Waals surface area contributed by atoms with Gasteiger partial charge < -0.3 is 10.0 Å². The topological polar surface area (TPSA) is 77.9 Å². The van der Waals surface area contributed by atoms with Crippen LogP contribution in [-0.4, -0.2) is 56.8 Å². The highest BCUT2D eigenvalue weighted by Crippen LogP contribution is 2.27. The molecule has 1 fully saturated rings. The number of piperazine rings is 1. The molecule has 3 aromatic carbocycles. The first-order valence-corrected chi connectivity index (χ1v) is 12.4. The summed E-state index contributed by atoms with van der Waals surface area (Å²) < 4.78 is 23.5. The summed E-state index contributed by atoms with van der Waals surface area (Å²) in [6, 6.07) is 22.3. The van der Waals surface area contributed by atoms with Crippen molar-refractivity contribution in [1.82, 2.24) is 4.90 Å². The maximum atomic E-state index is 11.7. The molecule has 0 atom stereocenters. The van der Waals surface area contributed by atoms with Crippen molar-refractivity contribution in [2.45, 2.75) is 11.4 Å². The normalized spacial score (nSPS) is 15.0. The Balaban J connectivity index is 1.43. The van der Waals surface area contributed by atoms with Crippen molar-refractivity contribution in [1.29, 1.82) is 0 Å². The average molecular weight is 451 g/mol. The van der Waals surface area contributed by atoms with Gasteiger partial charge in [0.15, 0.2) is 9.84 Å². The SMILES string of the molecule is CS(=O)(=O)c1ccc(-c2ccccc2CN2CCN(c3ccc(C(=O)O)cc3)CC2)cc1. The highest BCUT2D eigenvalue weighted by Gasteiger charge is 2.19.